The van der Waals surface area contributed by atoms with Gasteiger partial charge in [0.25, 0.3) is 5.91 Å². The van der Waals surface area contributed by atoms with Gasteiger partial charge >= 0.3 is 6.18 Å². The van der Waals surface area contributed by atoms with E-state index in [-0.39, 0.29) is 28.8 Å². The lowest BCUT2D eigenvalue weighted by atomic mass is 10.1. The number of hydrogen-bond acceptors (Lipinski definition) is 4. The topological polar surface area (TPSA) is 66.8 Å². The summed E-state index contributed by atoms with van der Waals surface area (Å²) in [6, 6.07) is 10.7. The summed E-state index contributed by atoms with van der Waals surface area (Å²) in [7, 11) is -3.33. The molecule has 0 aromatic heterocycles. The van der Waals surface area contributed by atoms with Crippen LogP contribution in [0.4, 0.5) is 18.9 Å². The molecule has 164 valence electrons. The third-order valence-electron chi connectivity index (χ3n) is 5.01. The van der Waals surface area contributed by atoms with Crippen molar-refractivity contribution in [2.45, 2.75) is 23.9 Å². The maximum atomic E-state index is 13.2. The maximum Gasteiger partial charge on any atom is 0.416 e. The van der Waals surface area contributed by atoms with Crippen molar-refractivity contribution in [1.82, 2.24) is 0 Å². The normalized spacial score (nSPS) is 23.9. The van der Waals surface area contributed by atoms with E-state index in [1.165, 1.54) is 17.0 Å². The van der Waals surface area contributed by atoms with Crippen LogP contribution in [0.2, 0.25) is 5.02 Å². The summed E-state index contributed by atoms with van der Waals surface area (Å²) in [5.74, 6) is -0.794. The lowest BCUT2D eigenvalue weighted by Gasteiger charge is -2.25. The van der Waals surface area contributed by atoms with Crippen molar-refractivity contribution in [3.63, 3.8) is 0 Å². The Morgan fingerprint density at radius 2 is 1.87 bits per heavy atom. The second kappa shape index (κ2) is 8.14. The zero-order chi connectivity index (χ0) is 22.4. The van der Waals surface area contributed by atoms with Crippen LogP contribution < -0.4 is 4.90 Å². The van der Waals surface area contributed by atoms with Gasteiger partial charge in [0.15, 0.2) is 15.0 Å². The quantitative estimate of drug-likeness (QED) is 0.647. The molecule has 2 aromatic carbocycles. The molecule has 5 nitrogen and oxygen atoms in total. The number of benzene rings is 2. The zero-order valence-electron chi connectivity index (χ0n) is 15.8. The average Bonchev–Trinajstić information content (AvgIpc) is 3.13. The van der Waals surface area contributed by atoms with E-state index in [0.29, 0.717) is 10.6 Å². The van der Waals surface area contributed by atoms with Crippen LogP contribution in [0.25, 0.3) is 0 Å². The molecule has 0 saturated carbocycles. The summed E-state index contributed by atoms with van der Waals surface area (Å²) in [5.41, 5.74) is -0.00810. The fraction of sp³-hybridized carbons (Fsp3) is 0.300. The number of sulfone groups is 1. The maximum absolute atomic E-state index is 13.2. The minimum Gasteiger partial charge on any atom is -0.316 e. The molecule has 11 heteroatoms. The summed E-state index contributed by atoms with van der Waals surface area (Å²) in [4.78, 5) is 18.1. The fourth-order valence-corrected chi connectivity index (χ4v) is 7.68. The molecular formula is C20H16ClF3N2O3S2. The predicted octanol–water partition coefficient (Wildman–Crippen LogP) is 4.20. The number of thioether (sulfide) groups is 1. The number of halogens is 4. The molecule has 2 atom stereocenters. The third kappa shape index (κ3) is 4.91. The number of alkyl halides is 3. The number of fused-ring (bicyclic) bond motifs is 1. The first kappa shape index (κ1) is 22.2. The van der Waals surface area contributed by atoms with Crippen LogP contribution in [0.1, 0.15) is 11.1 Å². The monoisotopic (exact) mass is 488 g/mol. The summed E-state index contributed by atoms with van der Waals surface area (Å²) >= 11 is 6.96. The lowest BCUT2D eigenvalue weighted by Crippen LogP contribution is -2.38. The second-order valence-electron chi connectivity index (χ2n) is 7.31. The van der Waals surface area contributed by atoms with E-state index in [0.717, 1.165) is 23.9 Å². The van der Waals surface area contributed by atoms with E-state index >= 15 is 0 Å². The van der Waals surface area contributed by atoms with Crippen LogP contribution in [0.15, 0.2) is 53.5 Å². The molecule has 0 unspecified atom stereocenters. The SMILES string of the molecule is O=C(Cc1ccc(Cl)cc1)N=C1S[C@H]2CS(=O)(=O)C[C@H]2N1c1cccc(C(F)(F)F)c1. The van der Waals surface area contributed by atoms with Gasteiger partial charge in [-0.1, -0.05) is 41.6 Å². The molecule has 1 amide bonds. The van der Waals surface area contributed by atoms with Crippen molar-refractivity contribution in [2.24, 2.45) is 4.99 Å². The summed E-state index contributed by atoms with van der Waals surface area (Å²) in [6.45, 7) is 0. The van der Waals surface area contributed by atoms with Crippen molar-refractivity contribution in [2.75, 3.05) is 16.4 Å². The average molecular weight is 489 g/mol. The van der Waals surface area contributed by atoms with Crippen molar-refractivity contribution in [3.8, 4) is 0 Å². The Hall–Kier alpha value is -2.04. The summed E-state index contributed by atoms with van der Waals surface area (Å²) < 4.78 is 63.8. The van der Waals surface area contributed by atoms with Crippen LogP contribution in [-0.4, -0.2) is 42.3 Å². The van der Waals surface area contributed by atoms with Gasteiger partial charge in [-0.25, -0.2) is 8.42 Å². The Kier molecular flexibility index (Phi) is 5.82. The molecule has 0 N–H and O–H groups in total. The number of aliphatic imine (C=N–C) groups is 1. The first-order valence-corrected chi connectivity index (χ1v) is 12.3. The van der Waals surface area contributed by atoms with Crippen LogP contribution in [0.5, 0.6) is 0 Å². The minimum atomic E-state index is -4.55. The Balaban J connectivity index is 1.67. The van der Waals surface area contributed by atoms with Gasteiger partial charge in [0.05, 0.1) is 29.5 Å². The smallest absolute Gasteiger partial charge is 0.316 e. The van der Waals surface area contributed by atoms with Crippen molar-refractivity contribution in [3.05, 3.63) is 64.7 Å². The minimum absolute atomic E-state index is 0.00864. The van der Waals surface area contributed by atoms with Gasteiger partial charge in [-0.05, 0) is 35.9 Å². The van der Waals surface area contributed by atoms with E-state index in [1.54, 1.807) is 24.3 Å². The number of carbonyl (C=O) groups is 1. The number of amidine groups is 1. The number of nitrogens with zero attached hydrogens (tertiary/aromatic N) is 2. The highest BCUT2D eigenvalue weighted by Gasteiger charge is 2.49. The molecule has 2 heterocycles. The molecule has 2 aliphatic heterocycles. The molecule has 0 aliphatic carbocycles. The van der Waals surface area contributed by atoms with Gasteiger partial charge in [0.1, 0.15) is 0 Å². The van der Waals surface area contributed by atoms with E-state index in [4.69, 9.17) is 11.6 Å². The largest absolute Gasteiger partial charge is 0.416 e. The Morgan fingerprint density at radius 1 is 1.16 bits per heavy atom. The predicted molar refractivity (Wildman–Crippen MR) is 115 cm³/mol. The van der Waals surface area contributed by atoms with Crippen LogP contribution in [-0.2, 0) is 27.2 Å². The van der Waals surface area contributed by atoms with Crippen molar-refractivity contribution >= 4 is 50.0 Å². The van der Waals surface area contributed by atoms with Gasteiger partial charge in [0, 0.05) is 16.0 Å². The van der Waals surface area contributed by atoms with Gasteiger partial charge < -0.3 is 4.90 Å². The highest BCUT2D eigenvalue weighted by molar-refractivity contribution is 8.16. The highest BCUT2D eigenvalue weighted by Crippen LogP contribution is 2.42. The molecule has 0 spiro atoms. The summed E-state index contributed by atoms with van der Waals surface area (Å²) in [5, 5.41) is 0.337. The van der Waals surface area contributed by atoms with Crippen LogP contribution in [0.3, 0.4) is 0 Å². The van der Waals surface area contributed by atoms with E-state index in [1.807, 2.05) is 0 Å². The Labute approximate surface area is 186 Å². The molecule has 2 saturated heterocycles. The molecule has 2 aliphatic rings. The van der Waals surface area contributed by atoms with E-state index in [9.17, 15) is 26.4 Å². The molecule has 2 fully saturated rings. The molecule has 4 rings (SSSR count). The number of anilines is 1. The fourth-order valence-electron chi connectivity index (χ4n) is 3.62. The zero-order valence-corrected chi connectivity index (χ0v) is 18.2. The van der Waals surface area contributed by atoms with Crippen LogP contribution >= 0.6 is 23.4 Å². The molecule has 31 heavy (non-hydrogen) atoms. The number of rotatable bonds is 3. The van der Waals surface area contributed by atoms with Gasteiger partial charge in [0.2, 0.25) is 0 Å². The molecule has 0 bridgehead atoms. The lowest BCUT2D eigenvalue weighted by molar-refractivity contribution is -0.137. The van der Waals surface area contributed by atoms with Gasteiger partial charge in [-0.15, -0.1) is 0 Å². The van der Waals surface area contributed by atoms with E-state index < -0.39 is 38.8 Å². The standard InChI is InChI=1S/C20H16ClF3N2O3S2/c21-14-6-4-12(5-7-14)8-18(27)25-19-26(16-10-31(28,29)11-17(16)30-19)15-3-1-2-13(9-15)20(22,23)24/h1-7,9,16-17H,8,10-11H2/t16-,17+/m1/s1. The third-order valence-corrected chi connectivity index (χ3v) is 8.47. The van der Waals surface area contributed by atoms with Gasteiger partial charge in [-0.3, -0.25) is 4.79 Å². The number of carbonyl (C=O) groups excluding carboxylic acids is 1. The first-order valence-electron chi connectivity index (χ1n) is 9.21. The Morgan fingerprint density at radius 3 is 2.55 bits per heavy atom. The molecule has 2 aromatic rings. The van der Waals surface area contributed by atoms with Gasteiger partial charge in [-0.2, -0.15) is 18.2 Å². The highest BCUT2D eigenvalue weighted by atomic mass is 35.5. The van der Waals surface area contributed by atoms with Crippen molar-refractivity contribution < 1.29 is 26.4 Å². The Bertz CT molecular complexity index is 1150. The van der Waals surface area contributed by atoms with Crippen molar-refractivity contribution in [1.29, 1.82) is 0 Å². The molecular weight excluding hydrogens is 473 g/mol. The second-order valence-corrected chi connectivity index (χ2v) is 11.1. The number of amides is 1. The molecule has 0 radical (unpaired) electrons. The van der Waals surface area contributed by atoms with E-state index in [2.05, 4.69) is 4.99 Å². The summed E-state index contributed by atoms with van der Waals surface area (Å²) in [6.07, 6.45) is -4.56. The number of hydrogen-bond donors (Lipinski definition) is 0. The first-order chi connectivity index (χ1) is 14.5. The van der Waals surface area contributed by atoms with Crippen LogP contribution in [0, 0.1) is 0 Å².